The number of alkyl halides is 1. The van der Waals surface area contributed by atoms with E-state index in [1.54, 1.807) is 18.2 Å². The Bertz CT molecular complexity index is 673. The summed E-state index contributed by atoms with van der Waals surface area (Å²) in [5.74, 6) is 1.17. The average Bonchev–Trinajstić information content (AvgIpc) is 2.49. The molecule has 0 amide bonds. The van der Waals surface area contributed by atoms with Crippen LogP contribution in [-0.2, 0) is 5.33 Å². The number of ether oxygens (including phenoxy) is 2. The smallest absolute Gasteiger partial charge is 0.311 e. The molecular formula is C15H14BrNO4. The Morgan fingerprint density at radius 2 is 1.86 bits per heavy atom. The first-order chi connectivity index (χ1) is 10.0. The van der Waals surface area contributed by atoms with E-state index in [-0.39, 0.29) is 11.4 Å². The van der Waals surface area contributed by atoms with Crippen LogP contribution in [0.1, 0.15) is 11.1 Å². The van der Waals surface area contributed by atoms with Crippen LogP contribution in [0.5, 0.6) is 17.2 Å². The van der Waals surface area contributed by atoms with Crippen LogP contribution in [0, 0.1) is 17.0 Å². The Kier molecular flexibility index (Phi) is 4.80. The van der Waals surface area contributed by atoms with Crippen LogP contribution < -0.4 is 9.47 Å². The summed E-state index contributed by atoms with van der Waals surface area (Å²) < 4.78 is 10.9. The maximum atomic E-state index is 11.2. The van der Waals surface area contributed by atoms with Crippen LogP contribution in [-0.4, -0.2) is 12.0 Å². The van der Waals surface area contributed by atoms with Crippen molar-refractivity contribution in [3.05, 3.63) is 57.6 Å². The molecule has 2 aromatic carbocycles. The van der Waals surface area contributed by atoms with Gasteiger partial charge in [-0.2, -0.15) is 0 Å². The van der Waals surface area contributed by atoms with Crippen LogP contribution in [0.25, 0.3) is 0 Å². The third kappa shape index (κ3) is 3.52. The van der Waals surface area contributed by atoms with E-state index >= 15 is 0 Å². The SMILES string of the molecule is COc1cc(C)ccc1Oc1ccc(CBr)cc1[N+](=O)[O-]. The highest BCUT2D eigenvalue weighted by Gasteiger charge is 2.18. The van der Waals surface area contributed by atoms with Crippen molar-refractivity contribution in [3.63, 3.8) is 0 Å². The van der Waals surface area contributed by atoms with Gasteiger partial charge in [0.05, 0.1) is 12.0 Å². The molecule has 0 fully saturated rings. The maximum Gasteiger partial charge on any atom is 0.311 e. The van der Waals surface area contributed by atoms with Gasteiger partial charge in [-0.3, -0.25) is 10.1 Å². The third-order valence-corrected chi connectivity index (χ3v) is 3.56. The Hall–Kier alpha value is -2.08. The first kappa shape index (κ1) is 15.3. The lowest BCUT2D eigenvalue weighted by atomic mass is 10.2. The van der Waals surface area contributed by atoms with Gasteiger partial charge in [-0.1, -0.05) is 28.1 Å². The van der Waals surface area contributed by atoms with Crippen molar-refractivity contribution in [3.8, 4) is 17.2 Å². The molecule has 0 aromatic heterocycles. The summed E-state index contributed by atoms with van der Waals surface area (Å²) in [4.78, 5) is 10.7. The second-order valence-corrected chi connectivity index (χ2v) is 5.01. The molecule has 0 aliphatic heterocycles. The Balaban J connectivity index is 2.42. The fourth-order valence-corrected chi connectivity index (χ4v) is 2.20. The zero-order valence-electron chi connectivity index (χ0n) is 11.6. The van der Waals surface area contributed by atoms with E-state index in [1.807, 2.05) is 19.1 Å². The Morgan fingerprint density at radius 1 is 1.14 bits per heavy atom. The number of hydrogen-bond donors (Lipinski definition) is 0. The van der Waals surface area contributed by atoms with Crippen LogP contribution in [0.4, 0.5) is 5.69 Å². The molecule has 0 spiro atoms. The van der Waals surface area contributed by atoms with Crippen molar-refractivity contribution < 1.29 is 14.4 Å². The van der Waals surface area contributed by atoms with Gasteiger partial charge in [0, 0.05) is 11.4 Å². The number of methoxy groups -OCH3 is 1. The molecule has 0 bridgehead atoms. The fraction of sp³-hybridized carbons (Fsp3) is 0.200. The van der Waals surface area contributed by atoms with E-state index < -0.39 is 4.92 Å². The Labute approximate surface area is 130 Å². The van der Waals surface area contributed by atoms with Crippen molar-refractivity contribution in [1.29, 1.82) is 0 Å². The maximum absolute atomic E-state index is 11.2. The van der Waals surface area contributed by atoms with E-state index in [0.717, 1.165) is 11.1 Å². The van der Waals surface area contributed by atoms with Gasteiger partial charge in [0.25, 0.3) is 0 Å². The number of hydrogen-bond acceptors (Lipinski definition) is 4. The number of nitro benzene ring substituents is 1. The van der Waals surface area contributed by atoms with Crippen molar-refractivity contribution in [2.45, 2.75) is 12.3 Å². The van der Waals surface area contributed by atoms with Crippen LogP contribution in [0.2, 0.25) is 0 Å². The molecular weight excluding hydrogens is 338 g/mol. The normalized spacial score (nSPS) is 10.2. The van der Waals surface area contributed by atoms with Gasteiger partial charge in [0.15, 0.2) is 11.5 Å². The number of benzene rings is 2. The van der Waals surface area contributed by atoms with E-state index in [2.05, 4.69) is 15.9 Å². The predicted molar refractivity (Wildman–Crippen MR) is 83.5 cm³/mol. The van der Waals surface area contributed by atoms with Crippen molar-refractivity contribution in [2.24, 2.45) is 0 Å². The third-order valence-electron chi connectivity index (χ3n) is 2.91. The molecule has 0 atom stereocenters. The van der Waals surface area contributed by atoms with E-state index in [4.69, 9.17) is 9.47 Å². The second kappa shape index (κ2) is 6.58. The summed E-state index contributed by atoms with van der Waals surface area (Å²) in [6.45, 7) is 1.93. The molecule has 110 valence electrons. The van der Waals surface area contributed by atoms with E-state index in [9.17, 15) is 10.1 Å². The molecule has 0 saturated heterocycles. The number of nitrogens with zero attached hydrogens (tertiary/aromatic N) is 1. The van der Waals surface area contributed by atoms with Gasteiger partial charge < -0.3 is 9.47 Å². The molecule has 21 heavy (non-hydrogen) atoms. The number of nitro groups is 1. The van der Waals surface area contributed by atoms with Crippen molar-refractivity contribution in [1.82, 2.24) is 0 Å². The molecule has 0 aliphatic rings. The molecule has 2 rings (SSSR count). The lowest BCUT2D eigenvalue weighted by Crippen LogP contribution is -1.96. The highest BCUT2D eigenvalue weighted by Crippen LogP contribution is 2.37. The predicted octanol–water partition coefficient (Wildman–Crippen LogP) is 4.60. The standard InChI is InChI=1S/C15H14BrNO4/c1-10-3-5-14(15(7-10)20-2)21-13-6-4-11(9-16)8-12(13)17(18)19/h3-8H,9H2,1-2H3. The number of aryl methyl sites for hydroxylation is 1. The molecule has 2 aromatic rings. The van der Waals surface area contributed by atoms with Gasteiger partial charge in [0.1, 0.15) is 0 Å². The summed E-state index contributed by atoms with van der Waals surface area (Å²) >= 11 is 3.28. The first-order valence-electron chi connectivity index (χ1n) is 6.21. The van der Waals surface area contributed by atoms with Crippen molar-refractivity contribution in [2.75, 3.05) is 7.11 Å². The molecule has 0 unspecified atom stereocenters. The largest absolute Gasteiger partial charge is 0.493 e. The summed E-state index contributed by atoms with van der Waals surface area (Å²) in [6.07, 6.45) is 0. The molecule has 5 nitrogen and oxygen atoms in total. The van der Waals surface area contributed by atoms with Gasteiger partial charge in [0.2, 0.25) is 5.75 Å². The number of rotatable bonds is 5. The molecule has 0 saturated carbocycles. The minimum Gasteiger partial charge on any atom is -0.493 e. The Morgan fingerprint density at radius 3 is 2.48 bits per heavy atom. The molecule has 0 heterocycles. The monoisotopic (exact) mass is 351 g/mol. The fourth-order valence-electron chi connectivity index (χ4n) is 1.85. The molecule has 0 radical (unpaired) electrons. The lowest BCUT2D eigenvalue weighted by Gasteiger charge is -2.11. The summed E-state index contributed by atoms with van der Waals surface area (Å²) in [5.41, 5.74) is 1.75. The average molecular weight is 352 g/mol. The van der Waals surface area contributed by atoms with Crippen molar-refractivity contribution >= 4 is 21.6 Å². The van der Waals surface area contributed by atoms with Gasteiger partial charge >= 0.3 is 5.69 Å². The minimum atomic E-state index is -0.456. The van der Waals surface area contributed by atoms with Gasteiger partial charge in [-0.25, -0.2) is 0 Å². The highest BCUT2D eigenvalue weighted by molar-refractivity contribution is 9.08. The topological polar surface area (TPSA) is 61.6 Å². The van der Waals surface area contributed by atoms with E-state index in [0.29, 0.717) is 16.8 Å². The quantitative estimate of drug-likeness (QED) is 0.448. The molecule has 0 N–H and O–H groups in total. The zero-order chi connectivity index (χ0) is 15.4. The summed E-state index contributed by atoms with van der Waals surface area (Å²) in [7, 11) is 1.53. The lowest BCUT2D eigenvalue weighted by molar-refractivity contribution is -0.385. The highest BCUT2D eigenvalue weighted by atomic mass is 79.9. The van der Waals surface area contributed by atoms with Crippen LogP contribution in [0.15, 0.2) is 36.4 Å². The van der Waals surface area contributed by atoms with Gasteiger partial charge in [-0.05, 0) is 36.2 Å². The van der Waals surface area contributed by atoms with Crippen LogP contribution in [0.3, 0.4) is 0 Å². The molecule has 6 heteroatoms. The summed E-state index contributed by atoms with van der Waals surface area (Å²) in [6, 6.07) is 10.3. The van der Waals surface area contributed by atoms with Crippen LogP contribution >= 0.6 is 15.9 Å². The minimum absolute atomic E-state index is 0.0745. The zero-order valence-corrected chi connectivity index (χ0v) is 13.2. The first-order valence-corrected chi connectivity index (χ1v) is 7.33. The van der Waals surface area contributed by atoms with E-state index in [1.165, 1.54) is 13.2 Å². The van der Waals surface area contributed by atoms with Gasteiger partial charge in [-0.15, -0.1) is 0 Å². The number of halogens is 1. The second-order valence-electron chi connectivity index (χ2n) is 4.45. The summed E-state index contributed by atoms with van der Waals surface area (Å²) in [5, 5.41) is 11.7. The molecule has 0 aliphatic carbocycles.